The minimum Gasteiger partial charge on any atom is -0.497 e. The van der Waals surface area contributed by atoms with Gasteiger partial charge in [-0.05, 0) is 60.2 Å². The molecule has 1 amide bonds. The Hall–Kier alpha value is -3.03. The van der Waals surface area contributed by atoms with Crippen molar-refractivity contribution in [1.82, 2.24) is 4.98 Å². The summed E-state index contributed by atoms with van der Waals surface area (Å²) in [5.41, 5.74) is 1.95. The van der Waals surface area contributed by atoms with Crippen LogP contribution in [0.5, 0.6) is 11.5 Å². The Morgan fingerprint density at radius 3 is 2.42 bits per heavy atom. The first-order valence-corrected chi connectivity index (χ1v) is 12.5. The fraction of sp³-hybridized carbons (Fsp3) is 0.231. The number of methoxy groups -OCH3 is 2. The number of carbonyl (C=O) groups excluding carboxylic acids is 1. The molecule has 0 radical (unpaired) electrons. The highest BCUT2D eigenvalue weighted by Crippen LogP contribution is 2.33. The van der Waals surface area contributed by atoms with Gasteiger partial charge < -0.3 is 9.47 Å². The van der Waals surface area contributed by atoms with Gasteiger partial charge in [0.1, 0.15) is 11.5 Å². The normalized spacial score (nSPS) is 10.8. The van der Waals surface area contributed by atoms with E-state index in [4.69, 9.17) is 14.5 Å². The molecule has 0 atom stereocenters. The average molecular weight is 479 g/mol. The van der Waals surface area contributed by atoms with Gasteiger partial charge in [-0.1, -0.05) is 41.7 Å². The van der Waals surface area contributed by atoms with E-state index in [0.717, 1.165) is 44.6 Å². The number of rotatable bonds is 10. The van der Waals surface area contributed by atoms with Gasteiger partial charge in [0.2, 0.25) is 5.91 Å². The van der Waals surface area contributed by atoms with E-state index < -0.39 is 0 Å². The molecule has 0 unspecified atom stereocenters. The SMILES string of the molecule is COc1ccc(SCCCC(=O)N(Cc2ccccc2)c2nc3ccc(OC)cc3s2)cc1. The third kappa shape index (κ3) is 6.06. The lowest BCUT2D eigenvalue weighted by Crippen LogP contribution is -2.30. The molecule has 0 saturated carbocycles. The second-order valence-corrected chi connectivity index (χ2v) is 9.60. The van der Waals surface area contributed by atoms with Crippen LogP contribution >= 0.6 is 23.1 Å². The predicted octanol–water partition coefficient (Wildman–Crippen LogP) is 6.42. The third-order valence-electron chi connectivity index (χ3n) is 5.16. The monoisotopic (exact) mass is 478 g/mol. The minimum absolute atomic E-state index is 0.0835. The largest absolute Gasteiger partial charge is 0.497 e. The summed E-state index contributed by atoms with van der Waals surface area (Å²) in [5.74, 6) is 2.59. The Morgan fingerprint density at radius 1 is 0.970 bits per heavy atom. The number of aromatic nitrogens is 1. The van der Waals surface area contributed by atoms with Gasteiger partial charge >= 0.3 is 0 Å². The summed E-state index contributed by atoms with van der Waals surface area (Å²) < 4.78 is 11.6. The fourth-order valence-corrected chi connectivity index (χ4v) is 5.25. The van der Waals surface area contributed by atoms with E-state index in [-0.39, 0.29) is 5.91 Å². The Morgan fingerprint density at radius 2 is 1.70 bits per heavy atom. The molecule has 4 rings (SSSR count). The highest BCUT2D eigenvalue weighted by molar-refractivity contribution is 7.99. The number of benzene rings is 3. The molecule has 0 aliphatic carbocycles. The van der Waals surface area contributed by atoms with Crippen molar-refractivity contribution in [3.63, 3.8) is 0 Å². The molecule has 3 aromatic carbocycles. The zero-order valence-electron chi connectivity index (χ0n) is 18.7. The van der Waals surface area contributed by atoms with Crippen LogP contribution < -0.4 is 14.4 Å². The Kier molecular flexibility index (Phi) is 7.86. The first-order valence-electron chi connectivity index (χ1n) is 10.7. The lowest BCUT2D eigenvalue weighted by atomic mass is 10.2. The standard InChI is InChI=1S/C26H26N2O3S2/c1-30-20-10-13-22(14-11-20)32-16-6-9-25(29)28(18-19-7-4-3-5-8-19)26-27-23-15-12-21(31-2)17-24(23)33-26/h3-5,7-8,10-15,17H,6,9,16,18H2,1-2H3. The highest BCUT2D eigenvalue weighted by atomic mass is 32.2. The number of amides is 1. The average Bonchev–Trinajstić information content (AvgIpc) is 3.29. The summed E-state index contributed by atoms with van der Waals surface area (Å²) in [5, 5.41) is 0.718. The van der Waals surface area contributed by atoms with E-state index in [1.807, 2.05) is 77.7 Å². The molecule has 0 spiro atoms. The smallest absolute Gasteiger partial charge is 0.229 e. The fourth-order valence-electron chi connectivity index (χ4n) is 3.38. The summed E-state index contributed by atoms with van der Waals surface area (Å²) in [7, 11) is 3.31. The molecule has 7 heteroatoms. The maximum absolute atomic E-state index is 13.3. The molecular weight excluding hydrogens is 452 g/mol. The second-order valence-electron chi connectivity index (χ2n) is 7.42. The van der Waals surface area contributed by atoms with E-state index in [1.54, 1.807) is 26.0 Å². The van der Waals surface area contributed by atoms with Crippen LogP contribution in [0.15, 0.2) is 77.7 Å². The lowest BCUT2D eigenvalue weighted by Gasteiger charge is -2.20. The van der Waals surface area contributed by atoms with Gasteiger partial charge in [-0.3, -0.25) is 9.69 Å². The summed E-state index contributed by atoms with van der Waals surface area (Å²) in [4.78, 5) is 21.0. The molecule has 4 aromatic rings. The number of fused-ring (bicyclic) bond motifs is 1. The zero-order valence-corrected chi connectivity index (χ0v) is 20.3. The number of nitrogens with zero attached hydrogens (tertiary/aromatic N) is 2. The van der Waals surface area contributed by atoms with Crippen LogP contribution in [0.25, 0.3) is 10.2 Å². The molecule has 170 valence electrons. The van der Waals surface area contributed by atoms with E-state index in [0.29, 0.717) is 13.0 Å². The summed E-state index contributed by atoms with van der Waals surface area (Å²) >= 11 is 3.27. The molecule has 0 aliphatic rings. The maximum atomic E-state index is 13.3. The highest BCUT2D eigenvalue weighted by Gasteiger charge is 2.20. The molecule has 0 fully saturated rings. The van der Waals surface area contributed by atoms with Crippen LogP contribution in [0.1, 0.15) is 18.4 Å². The lowest BCUT2D eigenvalue weighted by molar-refractivity contribution is -0.118. The van der Waals surface area contributed by atoms with Crippen molar-refractivity contribution in [2.75, 3.05) is 24.9 Å². The molecule has 1 heterocycles. The third-order valence-corrected chi connectivity index (χ3v) is 7.30. The summed E-state index contributed by atoms with van der Waals surface area (Å²) in [6.07, 6.45) is 1.26. The van der Waals surface area contributed by atoms with Gasteiger partial charge in [0.15, 0.2) is 5.13 Å². The molecule has 0 aliphatic heterocycles. The molecule has 0 N–H and O–H groups in total. The number of thiazole rings is 1. The van der Waals surface area contributed by atoms with Crippen molar-refractivity contribution >= 4 is 44.4 Å². The van der Waals surface area contributed by atoms with Crippen LogP contribution in [0.4, 0.5) is 5.13 Å². The van der Waals surface area contributed by atoms with Crippen LogP contribution in [0, 0.1) is 0 Å². The molecular formula is C26H26N2O3S2. The van der Waals surface area contributed by atoms with Crippen molar-refractivity contribution in [3.8, 4) is 11.5 Å². The number of anilines is 1. The number of ether oxygens (including phenoxy) is 2. The van der Waals surface area contributed by atoms with E-state index >= 15 is 0 Å². The van der Waals surface area contributed by atoms with E-state index in [2.05, 4.69) is 0 Å². The summed E-state index contributed by atoms with van der Waals surface area (Å²) in [6.45, 7) is 0.502. The van der Waals surface area contributed by atoms with Crippen molar-refractivity contribution in [1.29, 1.82) is 0 Å². The van der Waals surface area contributed by atoms with Gasteiger partial charge in [-0.15, -0.1) is 11.8 Å². The minimum atomic E-state index is 0.0835. The van der Waals surface area contributed by atoms with Crippen molar-refractivity contribution < 1.29 is 14.3 Å². The summed E-state index contributed by atoms with van der Waals surface area (Å²) in [6, 6.07) is 23.8. The first kappa shape index (κ1) is 23.1. The molecule has 5 nitrogen and oxygen atoms in total. The molecule has 0 saturated heterocycles. The molecule has 33 heavy (non-hydrogen) atoms. The van der Waals surface area contributed by atoms with Crippen LogP contribution in [-0.4, -0.2) is 30.9 Å². The van der Waals surface area contributed by atoms with Crippen LogP contribution in [-0.2, 0) is 11.3 Å². The van der Waals surface area contributed by atoms with Crippen molar-refractivity contribution in [2.24, 2.45) is 0 Å². The maximum Gasteiger partial charge on any atom is 0.229 e. The quantitative estimate of drug-likeness (QED) is 0.194. The van der Waals surface area contributed by atoms with E-state index in [9.17, 15) is 4.79 Å². The van der Waals surface area contributed by atoms with Crippen LogP contribution in [0.3, 0.4) is 0 Å². The van der Waals surface area contributed by atoms with Gasteiger partial charge in [0, 0.05) is 11.3 Å². The van der Waals surface area contributed by atoms with Crippen LogP contribution in [0.2, 0.25) is 0 Å². The van der Waals surface area contributed by atoms with Crippen molar-refractivity contribution in [3.05, 3.63) is 78.4 Å². The molecule has 1 aromatic heterocycles. The Labute approximate surface area is 202 Å². The van der Waals surface area contributed by atoms with Gasteiger partial charge in [-0.25, -0.2) is 4.98 Å². The van der Waals surface area contributed by atoms with Gasteiger partial charge in [-0.2, -0.15) is 0 Å². The number of thioether (sulfide) groups is 1. The van der Waals surface area contributed by atoms with Gasteiger partial charge in [0.25, 0.3) is 0 Å². The molecule has 0 bridgehead atoms. The first-order chi connectivity index (χ1) is 16.2. The Balaban J connectivity index is 1.45. The second kappa shape index (κ2) is 11.2. The number of hydrogen-bond acceptors (Lipinski definition) is 6. The number of carbonyl (C=O) groups is 1. The Bertz CT molecular complexity index is 1190. The van der Waals surface area contributed by atoms with Gasteiger partial charge in [0.05, 0.1) is 31.0 Å². The topological polar surface area (TPSA) is 51.7 Å². The van der Waals surface area contributed by atoms with E-state index in [1.165, 1.54) is 16.2 Å². The zero-order chi connectivity index (χ0) is 23.0. The number of hydrogen-bond donors (Lipinski definition) is 0. The predicted molar refractivity (Wildman–Crippen MR) is 137 cm³/mol. The van der Waals surface area contributed by atoms with Crippen molar-refractivity contribution in [2.45, 2.75) is 24.3 Å².